The zero-order valence-electron chi connectivity index (χ0n) is 11.6. The fourth-order valence-corrected chi connectivity index (χ4v) is 1.70. The molecule has 0 radical (unpaired) electrons. The Bertz CT molecular complexity index is 693. The average Bonchev–Trinajstić information content (AvgIpc) is 2.75. The molecule has 0 saturated carbocycles. The van der Waals surface area contributed by atoms with E-state index < -0.39 is 24.1 Å². The number of fused-ring (bicyclic) bond motifs is 1. The molecule has 112 valence electrons. The number of anilines is 1. The monoisotopic (exact) mass is 292 g/mol. The number of hydrogen-bond donors (Lipinski definition) is 4. The number of nitrogens with zero attached hydrogens (tertiary/aromatic N) is 2. The Balaban J connectivity index is 1.99. The average molecular weight is 292 g/mol. The molecule has 0 saturated heterocycles. The van der Waals surface area contributed by atoms with Gasteiger partial charge in [-0.3, -0.25) is 0 Å². The number of imidazole rings is 1. The van der Waals surface area contributed by atoms with E-state index in [1.807, 2.05) is 13.1 Å². The van der Waals surface area contributed by atoms with E-state index >= 15 is 0 Å². The summed E-state index contributed by atoms with van der Waals surface area (Å²) in [5, 5.41) is 23.1. The van der Waals surface area contributed by atoms with E-state index in [1.165, 1.54) is 0 Å². The predicted molar refractivity (Wildman–Crippen MR) is 75.2 cm³/mol. The Morgan fingerprint density at radius 1 is 1.38 bits per heavy atom. The summed E-state index contributed by atoms with van der Waals surface area (Å²) >= 11 is 0. The first kappa shape index (κ1) is 14.8. The van der Waals surface area contributed by atoms with Gasteiger partial charge in [0.1, 0.15) is 5.65 Å². The van der Waals surface area contributed by atoms with Gasteiger partial charge in [-0.15, -0.1) is 0 Å². The summed E-state index contributed by atoms with van der Waals surface area (Å²) in [6, 6.07) is 2.82. The second kappa shape index (κ2) is 5.41. The standard InChI is InChI=1S/C13H16N4O4/c1-8-5-17-6-9(3-4-10(17)15-8)16-12(20)14-7-13(2,21)11(18)19/h3-6,21H,7H2,1-2H3,(H,18,19)(H2,14,16,20). The first-order valence-electron chi connectivity index (χ1n) is 6.24. The van der Waals surface area contributed by atoms with Gasteiger partial charge >= 0.3 is 12.0 Å². The van der Waals surface area contributed by atoms with Crippen LogP contribution in [0.1, 0.15) is 12.6 Å². The van der Waals surface area contributed by atoms with Crippen LogP contribution in [0, 0.1) is 6.92 Å². The second-order valence-corrected chi connectivity index (χ2v) is 4.95. The Hall–Kier alpha value is -2.61. The molecular formula is C13H16N4O4. The molecule has 0 spiro atoms. The van der Waals surface area contributed by atoms with Crippen molar-refractivity contribution in [3.63, 3.8) is 0 Å². The lowest BCUT2D eigenvalue weighted by Gasteiger charge is -2.18. The van der Waals surface area contributed by atoms with E-state index in [0.717, 1.165) is 18.3 Å². The molecule has 2 amide bonds. The third-order valence-electron chi connectivity index (χ3n) is 2.88. The number of pyridine rings is 1. The second-order valence-electron chi connectivity index (χ2n) is 4.95. The van der Waals surface area contributed by atoms with Crippen LogP contribution in [0.5, 0.6) is 0 Å². The molecule has 8 heteroatoms. The quantitative estimate of drug-likeness (QED) is 0.658. The molecule has 4 N–H and O–H groups in total. The molecule has 0 aliphatic carbocycles. The number of hydrogen-bond acceptors (Lipinski definition) is 4. The van der Waals surface area contributed by atoms with Gasteiger partial charge < -0.3 is 25.2 Å². The highest BCUT2D eigenvalue weighted by Gasteiger charge is 2.30. The van der Waals surface area contributed by atoms with Gasteiger partial charge in [0.15, 0.2) is 5.60 Å². The van der Waals surface area contributed by atoms with Crippen LogP contribution in [0.25, 0.3) is 5.65 Å². The van der Waals surface area contributed by atoms with Gasteiger partial charge in [0, 0.05) is 12.4 Å². The Morgan fingerprint density at radius 2 is 2.10 bits per heavy atom. The summed E-state index contributed by atoms with van der Waals surface area (Å²) in [5.41, 5.74) is 0.122. The third-order valence-corrected chi connectivity index (χ3v) is 2.88. The lowest BCUT2D eigenvalue weighted by atomic mass is 10.1. The van der Waals surface area contributed by atoms with Crippen LogP contribution in [0.4, 0.5) is 10.5 Å². The lowest BCUT2D eigenvalue weighted by Crippen LogP contribution is -2.47. The van der Waals surface area contributed by atoms with Crippen molar-refractivity contribution in [2.45, 2.75) is 19.4 Å². The predicted octanol–water partition coefficient (Wildman–Crippen LogP) is 0.600. The highest BCUT2D eigenvalue weighted by molar-refractivity contribution is 5.90. The normalized spacial score (nSPS) is 13.7. The molecule has 0 aromatic carbocycles. The van der Waals surface area contributed by atoms with Crippen molar-refractivity contribution < 1.29 is 19.8 Å². The largest absolute Gasteiger partial charge is 0.479 e. The maximum Gasteiger partial charge on any atom is 0.337 e. The molecule has 0 fully saturated rings. The molecule has 2 aromatic heterocycles. The van der Waals surface area contributed by atoms with Gasteiger partial charge in [-0.2, -0.15) is 0 Å². The minimum absolute atomic E-state index is 0.402. The molecule has 0 aliphatic heterocycles. The Morgan fingerprint density at radius 3 is 2.76 bits per heavy atom. The maximum absolute atomic E-state index is 11.7. The zero-order valence-corrected chi connectivity index (χ0v) is 11.6. The fraction of sp³-hybridized carbons (Fsp3) is 0.308. The third kappa shape index (κ3) is 3.48. The van der Waals surface area contributed by atoms with Crippen LogP contribution in [-0.4, -0.2) is 43.7 Å². The number of carboxylic acids is 1. The van der Waals surface area contributed by atoms with Gasteiger partial charge in [0.2, 0.25) is 0 Å². The number of aromatic nitrogens is 2. The zero-order chi connectivity index (χ0) is 15.6. The number of aliphatic carboxylic acids is 1. The van der Waals surface area contributed by atoms with Gasteiger partial charge in [0.05, 0.1) is 17.9 Å². The van der Waals surface area contributed by atoms with Crippen molar-refractivity contribution in [2.24, 2.45) is 0 Å². The highest BCUT2D eigenvalue weighted by Crippen LogP contribution is 2.11. The van der Waals surface area contributed by atoms with E-state index in [0.29, 0.717) is 5.69 Å². The Labute approximate surface area is 120 Å². The number of carbonyl (C=O) groups is 2. The molecule has 21 heavy (non-hydrogen) atoms. The van der Waals surface area contributed by atoms with Crippen LogP contribution in [0.3, 0.4) is 0 Å². The summed E-state index contributed by atoms with van der Waals surface area (Å²) in [7, 11) is 0. The van der Waals surface area contributed by atoms with Crippen LogP contribution >= 0.6 is 0 Å². The number of aliphatic hydroxyl groups is 1. The van der Waals surface area contributed by atoms with Gasteiger partial charge in [0.25, 0.3) is 0 Å². The first-order valence-corrected chi connectivity index (χ1v) is 6.24. The van der Waals surface area contributed by atoms with E-state index in [2.05, 4.69) is 15.6 Å². The molecule has 2 heterocycles. The molecular weight excluding hydrogens is 276 g/mol. The van der Waals surface area contributed by atoms with E-state index in [-0.39, 0.29) is 0 Å². The number of rotatable bonds is 4. The van der Waals surface area contributed by atoms with Crippen LogP contribution in [0.2, 0.25) is 0 Å². The molecule has 1 atom stereocenters. The van der Waals surface area contributed by atoms with Gasteiger partial charge in [-0.25, -0.2) is 14.6 Å². The number of nitrogens with one attached hydrogen (secondary N) is 2. The minimum Gasteiger partial charge on any atom is -0.479 e. The topological polar surface area (TPSA) is 116 Å². The van der Waals surface area contributed by atoms with E-state index in [9.17, 15) is 14.7 Å². The van der Waals surface area contributed by atoms with Crippen molar-refractivity contribution in [3.05, 3.63) is 30.2 Å². The molecule has 2 rings (SSSR count). The van der Waals surface area contributed by atoms with E-state index in [4.69, 9.17) is 5.11 Å². The number of aryl methyl sites for hydroxylation is 1. The van der Waals surface area contributed by atoms with Crippen molar-refractivity contribution in [2.75, 3.05) is 11.9 Å². The number of carboxylic acid groups (broad SMARTS) is 1. The summed E-state index contributed by atoms with van der Waals surface area (Å²) in [6.45, 7) is 2.57. The fourth-order valence-electron chi connectivity index (χ4n) is 1.70. The van der Waals surface area contributed by atoms with Crippen molar-refractivity contribution in [1.29, 1.82) is 0 Å². The van der Waals surface area contributed by atoms with Crippen molar-refractivity contribution in [3.8, 4) is 0 Å². The van der Waals surface area contributed by atoms with Gasteiger partial charge in [-0.05, 0) is 26.0 Å². The molecule has 1 unspecified atom stereocenters. The van der Waals surface area contributed by atoms with Gasteiger partial charge in [-0.1, -0.05) is 0 Å². The van der Waals surface area contributed by atoms with Crippen molar-refractivity contribution >= 4 is 23.3 Å². The highest BCUT2D eigenvalue weighted by atomic mass is 16.4. The molecule has 2 aromatic rings. The Kier molecular flexibility index (Phi) is 3.81. The smallest absolute Gasteiger partial charge is 0.337 e. The lowest BCUT2D eigenvalue weighted by molar-refractivity contribution is -0.155. The summed E-state index contributed by atoms with van der Waals surface area (Å²) < 4.78 is 1.76. The summed E-state index contributed by atoms with van der Waals surface area (Å²) in [6.07, 6.45) is 3.50. The molecule has 0 aliphatic rings. The molecule has 0 bridgehead atoms. The van der Waals surface area contributed by atoms with E-state index in [1.54, 1.807) is 22.7 Å². The minimum atomic E-state index is -2.01. The first-order chi connectivity index (χ1) is 9.78. The number of amides is 2. The summed E-state index contributed by atoms with van der Waals surface area (Å²) in [5.74, 6) is -1.40. The van der Waals surface area contributed by atoms with Crippen LogP contribution in [0.15, 0.2) is 24.5 Å². The SMILES string of the molecule is Cc1cn2cc(NC(=O)NCC(C)(O)C(=O)O)ccc2n1. The van der Waals surface area contributed by atoms with Crippen molar-refractivity contribution in [1.82, 2.24) is 14.7 Å². The van der Waals surface area contributed by atoms with Crippen LogP contribution < -0.4 is 10.6 Å². The summed E-state index contributed by atoms with van der Waals surface area (Å²) in [4.78, 5) is 26.6. The number of carbonyl (C=O) groups excluding carboxylic acids is 1. The number of urea groups is 1. The maximum atomic E-state index is 11.7. The van der Waals surface area contributed by atoms with Crippen LogP contribution in [-0.2, 0) is 4.79 Å². The molecule has 8 nitrogen and oxygen atoms in total.